The molecule has 11 nitrogen and oxygen atoms in total. The molecule has 15 heteroatoms. The molecule has 0 aromatic carbocycles. The number of nitrogens with zero attached hydrogens (tertiary/aromatic N) is 1. The molecule has 1 atom stereocenters. The summed E-state index contributed by atoms with van der Waals surface area (Å²) >= 11 is 0. The average molecular weight is 404 g/mol. The Hall–Kier alpha value is 1.47. The number of carboxylic acid groups (broad SMARTS) is 4. The van der Waals surface area contributed by atoms with Gasteiger partial charge in [-0.1, -0.05) is 0 Å². The van der Waals surface area contributed by atoms with E-state index >= 15 is 0 Å². The van der Waals surface area contributed by atoms with Crippen molar-refractivity contribution < 1.29 is 173 Å². The minimum absolute atomic E-state index is 0. The molecule has 0 amide bonds. The van der Waals surface area contributed by atoms with Crippen LogP contribution in [0.15, 0.2) is 0 Å². The van der Waals surface area contributed by atoms with Crippen LogP contribution >= 0.6 is 0 Å². The largest absolute Gasteiger partial charge is 1.00 e. The van der Waals surface area contributed by atoms with E-state index in [1.165, 1.54) is 0 Å². The minimum atomic E-state index is -2.20. The van der Waals surface area contributed by atoms with Gasteiger partial charge in [-0.2, -0.15) is 0 Å². The van der Waals surface area contributed by atoms with Crippen LogP contribution in [0.25, 0.3) is 0 Å². The second kappa shape index (κ2) is 18.8. The van der Waals surface area contributed by atoms with Gasteiger partial charge in [-0.3, -0.25) is 9.28 Å². The number of hydrogen-bond acceptors (Lipinski definition) is 7. The molecule has 0 aromatic rings. The van der Waals surface area contributed by atoms with Crippen LogP contribution < -0.4 is 129 Å². The van der Waals surface area contributed by atoms with E-state index in [2.05, 4.69) is 0 Å². The van der Waals surface area contributed by atoms with E-state index < -0.39 is 59.8 Å². The normalized spacial score (nSPS) is 9.96. The van der Waals surface area contributed by atoms with Crippen LogP contribution in [0.2, 0.25) is 0 Å². The van der Waals surface area contributed by atoms with Crippen molar-refractivity contribution >= 4 is 29.7 Å². The fraction of sp³-hybridized carbons (Fsp3) is 0.500. The number of Topliss-reactive ketones (excluding diaryl/α,β-unsaturated/α-hetero) is 1. The molecule has 0 spiro atoms. The fourth-order valence-corrected chi connectivity index (χ4v) is 2.02. The van der Waals surface area contributed by atoms with Crippen LogP contribution in [0.4, 0.5) is 0 Å². The van der Waals surface area contributed by atoms with Crippen LogP contribution in [0.3, 0.4) is 0 Å². The molecule has 0 saturated carbocycles. The monoisotopic (exact) mass is 404 g/mol. The first-order valence-corrected chi connectivity index (χ1v) is 5.24. The fourth-order valence-electron chi connectivity index (χ4n) is 2.02. The van der Waals surface area contributed by atoms with Gasteiger partial charge in [-0.15, -0.1) is 0 Å². The van der Waals surface area contributed by atoms with Crippen molar-refractivity contribution in [2.75, 3.05) is 19.6 Å². The topological polar surface area (TPSA) is 204 Å². The van der Waals surface area contributed by atoms with Gasteiger partial charge >= 0.3 is 136 Å². The maximum Gasteiger partial charge on any atom is 1.00 e. The molecule has 6 N–H and O–H groups in total. The van der Waals surface area contributed by atoms with Gasteiger partial charge in [-0.05, 0) is 0 Å². The molecule has 1 unspecified atom stereocenters. The van der Waals surface area contributed by atoms with Crippen molar-refractivity contribution in [2.45, 2.75) is 13.0 Å². The number of ketones is 1. The SMILES string of the molecule is CC(=O)C(C(=O)[O-])[N+](CC(=O)O)(CC(=O)O)CC(=O)O.N.[H-].[H-].[H-].[H-].[Na+].[Na+].[Na+].[Na+]. The maximum atomic E-state index is 11.4. The van der Waals surface area contributed by atoms with Crippen LogP contribution in [-0.4, -0.2) is 75.1 Å². The second-order valence-corrected chi connectivity index (χ2v) is 4.21. The zero-order valence-electron chi connectivity index (χ0n) is 19.1. The van der Waals surface area contributed by atoms with Gasteiger partial charge in [0.2, 0.25) is 0 Å². The smallest absolute Gasteiger partial charge is 1.00 e. The molecule has 0 aliphatic heterocycles. The van der Waals surface area contributed by atoms with E-state index in [1.807, 2.05) is 0 Å². The van der Waals surface area contributed by atoms with Gasteiger partial charge in [0.05, 0.1) is 0 Å². The quantitative estimate of drug-likeness (QED) is 0.162. The summed E-state index contributed by atoms with van der Waals surface area (Å²) in [6, 6.07) is -2.20. The molecule has 0 heterocycles. The predicted molar refractivity (Wildman–Crippen MR) is 66.7 cm³/mol. The third-order valence-electron chi connectivity index (χ3n) is 2.51. The third kappa shape index (κ3) is 15.1. The summed E-state index contributed by atoms with van der Waals surface area (Å²) in [4.78, 5) is 54.8. The summed E-state index contributed by atoms with van der Waals surface area (Å²) in [5.41, 5.74) is 0. The van der Waals surface area contributed by atoms with E-state index in [1.54, 1.807) is 0 Å². The summed E-state index contributed by atoms with van der Waals surface area (Å²) in [7, 11) is 0. The number of carbonyl (C=O) groups is 5. The van der Waals surface area contributed by atoms with E-state index in [-0.39, 0.29) is 130 Å². The van der Waals surface area contributed by atoms with Gasteiger partial charge < -0.3 is 37.1 Å². The summed E-state index contributed by atoms with van der Waals surface area (Å²) in [6.07, 6.45) is 0. The number of carbonyl (C=O) groups excluding carboxylic acids is 2. The Morgan fingerprint density at radius 3 is 1.20 bits per heavy atom. The van der Waals surface area contributed by atoms with Gasteiger partial charge in [0, 0.05) is 6.92 Å². The van der Waals surface area contributed by atoms with Crippen LogP contribution in [0.1, 0.15) is 12.6 Å². The van der Waals surface area contributed by atoms with Crippen molar-refractivity contribution in [1.29, 1.82) is 0 Å². The first-order chi connectivity index (χ1) is 9.01. The molecule has 0 rings (SSSR count). The Morgan fingerprint density at radius 2 is 1.08 bits per heavy atom. The number of carboxylic acids is 4. The van der Waals surface area contributed by atoms with Gasteiger partial charge in [-0.25, -0.2) is 14.4 Å². The molecule has 0 aliphatic rings. The van der Waals surface area contributed by atoms with Crippen LogP contribution in [-0.2, 0) is 24.0 Å². The average Bonchev–Trinajstić information content (AvgIpc) is 2.10. The first-order valence-electron chi connectivity index (χ1n) is 5.24. The Labute approximate surface area is 238 Å². The Balaban J connectivity index is -0.0000000501. The molecule has 0 bridgehead atoms. The Bertz CT molecular complexity index is 437. The summed E-state index contributed by atoms with van der Waals surface area (Å²) < 4.78 is -1.49. The maximum absolute atomic E-state index is 11.4. The summed E-state index contributed by atoms with van der Waals surface area (Å²) in [5, 5.41) is 37.3. The molecule has 25 heavy (non-hydrogen) atoms. The standard InChI is InChI=1S/C10H13NO9.H3N.4Na.4H/c1-5(12)9(10(19)20)11(2-6(13)14,3-7(15)16)4-8(17)18;;;;;;;;;/h9H,2-4H2,1H3,(H3-,13,14,15,16,17,18,19,20);1H3;;;;;;;;/q;;4*+1;4*-1. The number of quaternary nitrogens is 1. The molecule has 0 radical (unpaired) electrons. The Morgan fingerprint density at radius 1 is 0.840 bits per heavy atom. The molecule has 0 aromatic heterocycles. The van der Waals surface area contributed by atoms with Gasteiger partial charge in [0.15, 0.2) is 31.5 Å². The number of hydrogen-bond donors (Lipinski definition) is 4. The van der Waals surface area contributed by atoms with Crippen molar-refractivity contribution in [1.82, 2.24) is 6.15 Å². The molecule has 0 saturated heterocycles. The number of rotatable bonds is 9. The zero-order valence-corrected chi connectivity index (χ0v) is 23.1. The van der Waals surface area contributed by atoms with E-state index in [0.717, 1.165) is 6.92 Å². The van der Waals surface area contributed by atoms with E-state index in [4.69, 9.17) is 15.3 Å². The van der Waals surface area contributed by atoms with Crippen molar-refractivity contribution in [3.8, 4) is 0 Å². The summed E-state index contributed by atoms with van der Waals surface area (Å²) in [5.74, 6) is -8.03. The third-order valence-corrected chi connectivity index (χ3v) is 2.51. The van der Waals surface area contributed by atoms with Crippen LogP contribution in [0.5, 0.6) is 0 Å². The molecular formula is C10H20N2Na4O9. The molecular weight excluding hydrogens is 384 g/mol. The predicted octanol–water partition coefficient (Wildman–Crippen LogP) is -14.6. The Kier molecular flexibility index (Phi) is 30.8. The van der Waals surface area contributed by atoms with Gasteiger partial charge in [0.25, 0.3) is 0 Å². The molecule has 128 valence electrons. The van der Waals surface area contributed by atoms with E-state index in [0.29, 0.717) is 0 Å². The van der Waals surface area contributed by atoms with E-state index in [9.17, 15) is 29.1 Å². The molecule has 0 aliphatic carbocycles. The zero-order chi connectivity index (χ0) is 16.1. The number of aliphatic carboxylic acids is 4. The van der Waals surface area contributed by atoms with Crippen molar-refractivity contribution in [3.05, 3.63) is 0 Å². The van der Waals surface area contributed by atoms with Gasteiger partial charge in [0.1, 0.15) is 5.97 Å². The minimum Gasteiger partial charge on any atom is -1.00 e. The van der Waals surface area contributed by atoms with Crippen molar-refractivity contribution in [3.63, 3.8) is 0 Å². The molecule has 0 fully saturated rings. The summed E-state index contributed by atoms with van der Waals surface area (Å²) in [6.45, 7) is -2.68. The first kappa shape index (κ1) is 41.0. The van der Waals surface area contributed by atoms with Crippen molar-refractivity contribution in [2.24, 2.45) is 0 Å². The van der Waals surface area contributed by atoms with Crippen LogP contribution in [0, 0.1) is 0 Å². The second-order valence-electron chi connectivity index (χ2n) is 4.21.